The summed E-state index contributed by atoms with van der Waals surface area (Å²) in [5.41, 5.74) is -0.0259. The molecule has 0 amide bonds. The lowest BCUT2D eigenvalue weighted by atomic mass is 9.75. The van der Waals surface area contributed by atoms with Crippen LogP contribution < -0.4 is 10.9 Å². The summed E-state index contributed by atoms with van der Waals surface area (Å²) in [4.78, 5) is 20.7. The summed E-state index contributed by atoms with van der Waals surface area (Å²) < 4.78 is 0. The first-order valence-corrected chi connectivity index (χ1v) is 6.98. The highest BCUT2D eigenvalue weighted by Crippen LogP contribution is 2.35. The van der Waals surface area contributed by atoms with Crippen molar-refractivity contribution in [2.75, 3.05) is 26.0 Å². The van der Waals surface area contributed by atoms with E-state index in [-0.39, 0.29) is 11.1 Å². The Balaban J connectivity index is 2.10. The second kappa shape index (κ2) is 5.74. The van der Waals surface area contributed by atoms with Gasteiger partial charge in [0.25, 0.3) is 5.56 Å². The Morgan fingerprint density at radius 1 is 1.58 bits per heavy atom. The zero-order valence-corrected chi connectivity index (χ0v) is 12.1. The molecule has 0 bridgehead atoms. The van der Waals surface area contributed by atoms with Gasteiger partial charge in [0.1, 0.15) is 0 Å². The summed E-state index contributed by atoms with van der Waals surface area (Å²) in [7, 11) is 4.25. The normalized spacial score (nSPS) is 27.5. The molecule has 1 aliphatic carbocycles. The minimum Gasteiger partial charge on any atom is -0.364 e. The van der Waals surface area contributed by atoms with Crippen LogP contribution >= 0.6 is 0 Å². The molecular weight excluding hydrogens is 240 g/mol. The van der Waals surface area contributed by atoms with Crippen LogP contribution in [0.25, 0.3) is 0 Å². The molecule has 1 aliphatic rings. The zero-order valence-electron chi connectivity index (χ0n) is 12.1. The van der Waals surface area contributed by atoms with Gasteiger partial charge in [-0.25, -0.2) is 4.98 Å². The van der Waals surface area contributed by atoms with Crippen LogP contribution in [0.4, 0.5) is 5.82 Å². The minimum atomic E-state index is -0.153. The van der Waals surface area contributed by atoms with Crippen molar-refractivity contribution in [1.82, 2.24) is 14.9 Å². The van der Waals surface area contributed by atoms with E-state index in [9.17, 15) is 4.79 Å². The molecule has 5 nitrogen and oxygen atoms in total. The third kappa shape index (κ3) is 3.15. The summed E-state index contributed by atoms with van der Waals surface area (Å²) in [6.07, 6.45) is 8.05. The van der Waals surface area contributed by atoms with Crippen molar-refractivity contribution < 1.29 is 0 Å². The van der Waals surface area contributed by atoms with Crippen molar-refractivity contribution in [2.24, 2.45) is 5.92 Å². The van der Waals surface area contributed by atoms with Crippen LogP contribution in [-0.4, -0.2) is 41.0 Å². The highest BCUT2D eigenvalue weighted by Gasteiger charge is 2.36. The van der Waals surface area contributed by atoms with Gasteiger partial charge in [0, 0.05) is 24.5 Å². The molecule has 0 radical (unpaired) electrons. The molecule has 0 aliphatic heterocycles. The lowest BCUT2D eigenvalue weighted by Gasteiger charge is -2.45. The second-order valence-electron chi connectivity index (χ2n) is 5.94. The van der Waals surface area contributed by atoms with E-state index in [1.165, 1.54) is 19.3 Å². The van der Waals surface area contributed by atoms with E-state index in [0.717, 1.165) is 18.9 Å². The standard InChI is InChI=1S/C14H24N4O/c1-11-5-4-6-14(9-11,18(2)3)10-17-12-13(19)16-8-7-15-12/h7-8,11H,4-6,9-10H2,1-3H3,(H,15,17)(H,16,19). The van der Waals surface area contributed by atoms with Crippen molar-refractivity contribution in [3.63, 3.8) is 0 Å². The molecule has 1 aromatic rings. The molecule has 2 unspecified atom stereocenters. The van der Waals surface area contributed by atoms with Gasteiger partial charge in [-0.2, -0.15) is 0 Å². The topological polar surface area (TPSA) is 61.0 Å². The third-order valence-corrected chi connectivity index (χ3v) is 4.31. The molecule has 2 atom stereocenters. The molecule has 1 fully saturated rings. The number of aromatic amines is 1. The Bertz CT molecular complexity index is 471. The molecule has 1 saturated carbocycles. The van der Waals surface area contributed by atoms with E-state index >= 15 is 0 Å². The van der Waals surface area contributed by atoms with Gasteiger partial charge in [0.15, 0.2) is 5.82 Å². The first-order chi connectivity index (χ1) is 9.03. The molecule has 19 heavy (non-hydrogen) atoms. The second-order valence-corrected chi connectivity index (χ2v) is 5.94. The van der Waals surface area contributed by atoms with Gasteiger partial charge in [-0.3, -0.25) is 4.79 Å². The van der Waals surface area contributed by atoms with Crippen molar-refractivity contribution in [2.45, 2.75) is 38.1 Å². The van der Waals surface area contributed by atoms with Gasteiger partial charge in [0.2, 0.25) is 0 Å². The predicted octanol–water partition coefficient (Wildman–Crippen LogP) is 1.69. The largest absolute Gasteiger partial charge is 0.364 e. The van der Waals surface area contributed by atoms with Crippen LogP contribution in [-0.2, 0) is 0 Å². The average Bonchev–Trinajstić information content (AvgIpc) is 2.38. The summed E-state index contributed by atoms with van der Waals surface area (Å²) in [5, 5.41) is 3.23. The van der Waals surface area contributed by atoms with Crippen LogP contribution in [0.15, 0.2) is 17.2 Å². The first-order valence-electron chi connectivity index (χ1n) is 6.98. The predicted molar refractivity (Wildman–Crippen MR) is 77.4 cm³/mol. The van der Waals surface area contributed by atoms with Crippen LogP contribution in [0.2, 0.25) is 0 Å². The highest BCUT2D eigenvalue weighted by atomic mass is 16.1. The SMILES string of the molecule is CC1CCCC(CNc2ncc[nH]c2=O)(N(C)C)C1. The number of hydrogen-bond donors (Lipinski definition) is 2. The van der Waals surface area contributed by atoms with Crippen LogP contribution in [0, 0.1) is 5.92 Å². The molecule has 1 heterocycles. The van der Waals surface area contributed by atoms with E-state index in [4.69, 9.17) is 0 Å². The number of nitrogens with zero attached hydrogens (tertiary/aromatic N) is 2. The van der Waals surface area contributed by atoms with Crippen molar-refractivity contribution in [1.29, 1.82) is 0 Å². The molecule has 2 rings (SSSR count). The Morgan fingerprint density at radius 3 is 3.00 bits per heavy atom. The fourth-order valence-electron chi connectivity index (χ4n) is 3.08. The Labute approximate surface area is 114 Å². The third-order valence-electron chi connectivity index (χ3n) is 4.31. The number of H-pyrrole nitrogens is 1. The van der Waals surface area contributed by atoms with E-state index in [0.29, 0.717) is 5.82 Å². The fraction of sp³-hybridized carbons (Fsp3) is 0.714. The molecule has 106 valence electrons. The maximum Gasteiger partial charge on any atom is 0.290 e. The maximum atomic E-state index is 11.6. The van der Waals surface area contributed by atoms with Crippen molar-refractivity contribution in [3.8, 4) is 0 Å². The van der Waals surface area contributed by atoms with E-state index in [1.807, 2.05) is 0 Å². The summed E-state index contributed by atoms with van der Waals surface area (Å²) in [6.45, 7) is 3.08. The summed E-state index contributed by atoms with van der Waals surface area (Å²) in [5.74, 6) is 1.15. The number of rotatable bonds is 4. The molecule has 0 aromatic carbocycles. The minimum absolute atomic E-state index is 0.127. The first kappa shape index (κ1) is 14.1. The van der Waals surface area contributed by atoms with Crippen molar-refractivity contribution in [3.05, 3.63) is 22.7 Å². The van der Waals surface area contributed by atoms with Gasteiger partial charge in [-0.05, 0) is 32.9 Å². The fourth-order valence-corrected chi connectivity index (χ4v) is 3.08. The molecule has 2 N–H and O–H groups in total. The number of hydrogen-bond acceptors (Lipinski definition) is 4. The summed E-state index contributed by atoms with van der Waals surface area (Å²) >= 11 is 0. The summed E-state index contributed by atoms with van der Waals surface area (Å²) in [6, 6.07) is 0. The highest BCUT2D eigenvalue weighted by molar-refractivity contribution is 5.31. The molecule has 5 heteroatoms. The zero-order chi connectivity index (χ0) is 13.9. The van der Waals surface area contributed by atoms with Gasteiger partial charge in [-0.15, -0.1) is 0 Å². The van der Waals surface area contributed by atoms with Gasteiger partial charge in [0.05, 0.1) is 0 Å². The van der Waals surface area contributed by atoms with Crippen molar-refractivity contribution >= 4 is 5.82 Å². The van der Waals surface area contributed by atoms with Gasteiger partial charge < -0.3 is 15.2 Å². The number of likely N-dealkylation sites (N-methyl/N-ethyl adjacent to an activating group) is 1. The molecule has 0 saturated heterocycles. The monoisotopic (exact) mass is 264 g/mol. The van der Waals surface area contributed by atoms with E-state index in [1.54, 1.807) is 12.4 Å². The Kier molecular flexibility index (Phi) is 4.24. The Morgan fingerprint density at radius 2 is 2.37 bits per heavy atom. The lowest BCUT2D eigenvalue weighted by Crippen LogP contribution is -2.52. The molecule has 0 spiro atoms. The van der Waals surface area contributed by atoms with Crippen LogP contribution in [0.1, 0.15) is 32.6 Å². The quantitative estimate of drug-likeness (QED) is 0.869. The lowest BCUT2D eigenvalue weighted by molar-refractivity contribution is 0.0881. The van der Waals surface area contributed by atoms with E-state index in [2.05, 4.69) is 41.2 Å². The Hall–Kier alpha value is -1.36. The number of aromatic nitrogens is 2. The van der Waals surface area contributed by atoms with E-state index < -0.39 is 0 Å². The molecular formula is C14H24N4O. The maximum absolute atomic E-state index is 11.6. The number of anilines is 1. The molecule has 1 aromatic heterocycles. The average molecular weight is 264 g/mol. The number of nitrogens with one attached hydrogen (secondary N) is 2. The van der Waals surface area contributed by atoms with Crippen LogP contribution in [0.5, 0.6) is 0 Å². The van der Waals surface area contributed by atoms with Gasteiger partial charge in [-0.1, -0.05) is 19.8 Å². The smallest absolute Gasteiger partial charge is 0.290 e. The van der Waals surface area contributed by atoms with Gasteiger partial charge >= 0.3 is 0 Å². The van der Waals surface area contributed by atoms with Crippen LogP contribution in [0.3, 0.4) is 0 Å².